The molecule has 0 bridgehead atoms. The normalized spacial score (nSPS) is 17.6. The highest BCUT2D eigenvalue weighted by Crippen LogP contribution is 2.43. The van der Waals surface area contributed by atoms with Gasteiger partial charge in [-0.2, -0.15) is 0 Å². The molecule has 2 heterocycles. The maximum Gasteiger partial charge on any atom is 0.573 e. The van der Waals surface area contributed by atoms with Gasteiger partial charge >= 0.3 is 6.36 Å². The van der Waals surface area contributed by atoms with E-state index in [9.17, 15) is 27.9 Å². The molecule has 3 aromatic rings. The number of ketones is 1. The van der Waals surface area contributed by atoms with E-state index in [1.807, 2.05) is 13.8 Å². The maximum absolute atomic E-state index is 13.1. The lowest BCUT2D eigenvalue weighted by Gasteiger charge is -2.24. The zero-order chi connectivity index (χ0) is 26.2. The molecule has 36 heavy (non-hydrogen) atoms. The molecule has 10 heteroatoms. The van der Waals surface area contributed by atoms with Crippen LogP contribution < -0.4 is 14.4 Å². The predicted molar refractivity (Wildman–Crippen MR) is 124 cm³/mol. The number of furan rings is 1. The number of benzene rings is 2. The van der Waals surface area contributed by atoms with E-state index in [4.69, 9.17) is 9.15 Å². The van der Waals surface area contributed by atoms with E-state index in [1.54, 1.807) is 25.1 Å². The summed E-state index contributed by atoms with van der Waals surface area (Å²) in [5.74, 6) is -1.93. The van der Waals surface area contributed by atoms with Gasteiger partial charge in [0.2, 0.25) is 0 Å². The van der Waals surface area contributed by atoms with E-state index in [2.05, 4.69) is 4.74 Å². The standard InChI is InChI=1S/C26H22F3NO6/c1-14(2)34-18-10-8-16(9-11-18)23(31)21-22(20-12-7-15(3)35-20)30(25(33)24(21)32)17-5-4-6-19(13-17)36-26(27,28)29/h4-14,22,31H,1-3H3/b23-21-. The Hall–Kier alpha value is -4.21. The van der Waals surface area contributed by atoms with Crippen LogP contribution in [0, 0.1) is 6.92 Å². The van der Waals surface area contributed by atoms with Crippen molar-refractivity contribution in [1.29, 1.82) is 0 Å². The van der Waals surface area contributed by atoms with Crippen molar-refractivity contribution in [2.24, 2.45) is 0 Å². The molecule has 1 aliphatic rings. The number of rotatable bonds is 6. The summed E-state index contributed by atoms with van der Waals surface area (Å²) in [5, 5.41) is 11.1. The van der Waals surface area contributed by atoms with E-state index in [1.165, 1.54) is 30.3 Å². The van der Waals surface area contributed by atoms with Crippen molar-refractivity contribution in [2.75, 3.05) is 4.90 Å². The summed E-state index contributed by atoms with van der Waals surface area (Å²) in [5.41, 5.74) is -0.0711. The number of carbonyl (C=O) groups is 2. The van der Waals surface area contributed by atoms with Gasteiger partial charge in [-0.3, -0.25) is 14.5 Å². The van der Waals surface area contributed by atoms with E-state index in [-0.39, 0.29) is 28.7 Å². The SMILES string of the molecule is Cc1ccc(C2/C(=C(/O)c3ccc(OC(C)C)cc3)C(=O)C(=O)N2c2cccc(OC(F)(F)F)c2)o1. The fraction of sp³-hybridized carbons (Fsp3) is 0.231. The number of ether oxygens (including phenoxy) is 2. The summed E-state index contributed by atoms with van der Waals surface area (Å²) in [4.78, 5) is 27.2. The molecule has 0 radical (unpaired) electrons. The molecule has 1 unspecified atom stereocenters. The number of aryl methyl sites for hydroxylation is 1. The van der Waals surface area contributed by atoms with Crippen LogP contribution in [0.4, 0.5) is 18.9 Å². The lowest BCUT2D eigenvalue weighted by atomic mass is 9.99. The van der Waals surface area contributed by atoms with Gasteiger partial charge in [-0.25, -0.2) is 0 Å². The Kier molecular flexibility index (Phi) is 6.53. The summed E-state index contributed by atoms with van der Waals surface area (Å²) in [6.07, 6.45) is -5.02. The van der Waals surface area contributed by atoms with E-state index >= 15 is 0 Å². The number of hydrogen-bond acceptors (Lipinski definition) is 6. The molecule has 1 atom stereocenters. The summed E-state index contributed by atoms with van der Waals surface area (Å²) in [7, 11) is 0. The topological polar surface area (TPSA) is 89.2 Å². The van der Waals surface area contributed by atoms with Crippen molar-refractivity contribution in [3.63, 3.8) is 0 Å². The molecule has 1 fully saturated rings. The molecule has 0 saturated carbocycles. The smallest absolute Gasteiger partial charge is 0.507 e. The fourth-order valence-corrected chi connectivity index (χ4v) is 3.92. The largest absolute Gasteiger partial charge is 0.573 e. The average molecular weight is 501 g/mol. The van der Waals surface area contributed by atoms with Gasteiger partial charge in [0.25, 0.3) is 11.7 Å². The van der Waals surface area contributed by atoms with Gasteiger partial charge in [-0.1, -0.05) is 6.07 Å². The Balaban J connectivity index is 1.83. The van der Waals surface area contributed by atoms with Crippen LogP contribution in [0.25, 0.3) is 5.76 Å². The minimum atomic E-state index is -4.95. The molecule has 188 valence electrons. The Morgan fingerprint density at radius 2 is 1.72 bits per heavy atom. The molecular weight excluding hydrogens is 479 g/mol. The highest BCUT2D eigenvalue weighted by molar-refractivity contribution is 6.51. The zero-order valence-corrected chi connectivity index (χ0v) is 19.5. The molecule has 1 saturated heterocycles. The highest BCUT2D eigenvalue weighted by atomic mass is 19.4. The first-order valence-corrected chi connectivity index (χ1v) is 10.9. The van der Waals surface area contributed by atoms with Crippen molar-refractivity contribution >= 4 is 23.1 Å². The molecule has 0 aliphatic carbocycles. The molecule has 7 nitrogen and oxygen atoms in total. The summed E-state index contributed by atoms with van der Waals surface area (Å²) < 4.78 is 53.5. The van der Waals surface area contributed by atoms with Gasteiger partial charge in [0.05, 0.1) is 11.7 Å². The van der Waals surface area contributed by atoms with Gasteiger partial charge < -0.3 is 19.0 Å². The van der Waals surface area contributed by atoms with E-state index in [0.29, 0.717) is 11.5 Å². The van der Waals surface area contributed by atoms with Gasteiger partial charge in [0, 0.05) is 17.3 Å². The van der Waals surface area contributed by atoms with E-state index in [0.717, 1.165) is 17.0 Å². The number of hydrogen-bond donors (Lipinski definition) is 1. The Morgan fingerprint density at radius 3 is 2.31 bits per heavy atom. The zero-order valence-electron chi connectivity index (χ0n) is 19.5. The third-order valence-electron chi connectivity index (χ3n) is 5.30. The maximum atomic E-state index is 13.1. The number of alkyl halides is 3. The van der Waals surface area contributed by atoms with Crippen LogP contribution in [0.5, 0.6) is 11.5 Å². The van der Waals surface area contributed by atoms with Crippen LogP contribution in [-0.2, 0) is 9.59 Å². The van der Waals surface area contributed by atoms with Crippen LogP contribution in [-0.4, -0.2) is 29.3 Å². The molecule has 1 amide bonds. The first-order chi connectivity index (χ1) is 16.9. The minimum Gasteiger partial charge on any atom is -0.507 e. The molecule has 1 aliphatic heterocycles. The van der Waals surface area contributed by atoms with Crippen LogP contribution in [0.1, 0.15) is 37.0 Å². The third-order valence-corrected chi connectivity index (χ3v) is 5.30. The second-order valence-electron chi connectivity index (χ2n) is 8.35. The second-order valence-corrected chi connectivity index (χ2v) is 8.35. The monoisotopic (exact) mass is 501 g/mol. The van der Waals surface area contributed by atoms with Gasteiger partial charge in [-0.15, -0.1) is 13.2 Å². The van der Waals surface area contributed by atoms with Gasteiger partial charge in [-0.05, 0) is 69.3 Å². The summed E-state index contributed by atoms with van der Waals surface area (Å²) in [6.45, 7) is 5.37. The number of amides is 1. The first kappa shape index (κ1) is 24.9. The Labute approximate surface area is 204 Å². The van der Waals surface area contributed by atoms with Crippen LogP contribution in [0.15, 0.2) is 70.7 Å². The molecule has 2 aromatic carbocycles. The number of carbonyl (C=O) groups excluding carboxylic acids is 2. The highest BCUT2D eigenvalue weighted by Gasteiger charge is 2.48. The third kappa shape index (κ3) is 5.07. The Morgan fingerprint density at radius 1 is 1.03 bits per heavy atom. The van der Waals surface area contributed by atoms with Crippen molar-refractivity contribution in [2.45, 2.75) is 39.3 Å². The van der Waals surface area contributed by atoms with Crippen LogP contribution in [0.2, 0.25) is 0 Å². The fourth-order valence-electron chi connectivity index (χ4n) is 3.92. The van der Waals surface area contributed by atoms with Crippen LogP contribution >= 0.6 is 0 Å². The van der Waals surface area contributed by atoms with Crippen molar-refractivity contribution in [1.82, 2.24) is 0 Å². The van der Waals surface area contributed by atoms with E-state index < -0.39 is 35.6 Å². The van der Waals surface area contributed by atoms with Crippen LogP contribution in [0.3, 0.4) is 0 Å². The van der Waals surface area contributed by atoms with Gasteiger partial charge in [0.1, 0.15) is 34.8 Å². The van der Waals surface area contributed by atoms with Crippen molar-refractivity contribution in [3.05, 3.63) is 83.3 Å². The van der Waals surface area contributed by atoms with Gasteiger partial charge in [0.15, 0.2) is 0 Å². The summed E-state index contributed by atoms with van der Waals surface area (Å²) in [6, 6.07) is 12.9. The number of aliphatic hydroxyl groups is 1. The molecule has 1 N–H and O–H groups in total. The number of halogens is 3. The quantitative estimate of drug-likeness (QED) is 0.257. The lowest BCUT2D eigenvalue weighted by Crippen LogP contribution is -2.29. The Bertz CT molecular complexity index is 1320. The molecule has 4 rings (SSSR count). The number of anilines is 1. The number of nitrogens with zero attached hydrogens (tertiary/aromatic N) is 1. The number of aliphatic hydroxyl groups excluding tert-OH is 1. The molecule has 1 aromatic heterocycles. The first-order valence-electron chi connectivity index (χ1n) is 10.9. The lowest BCUT2D eigenvalue weighted by molar-refractivity contribution is -0.274. The second kappa shape index (κ2) is 9.44. The van der Waals surface area contributed by atoms with Crippen molar-refractivity contribution in [3.8, 4) is 11.5 Å². The number of Topliss-reactive ketones (excluding diaryl/α,β-unsaturated/α-hetero) is 1. The summed E-state index contributed by atoms with van der Waals surface area (Å²) >= 11 is 0. The molecule has 0 spiro atoms. The average Bonchev–Trinajstić information content (AvgIpc) is 3.33. The minimum absolute atomic E-state index is 0.0439. The predicted octanol–water partition coefficient (Wildman–Crippen LogP) is 5.90. The van der Waals surface area contributed by atoms with Crippen molar-refractivity contribution < 1.29 is 41.8 Å². The molecular formula is C26H22F3NO6.